The average Bonchev–Trinajstić information content (AvgIpc) is 2.85. The highest BCUT2D eigenvalue weighted by atomic mass is 35.5. The highest BCUT2D eigenvalue weighted by Crippen LogP contribution is 2.34. The molecule has 3 aromatic rings. The van der Waals surface area contributed by atoms with E-state index in [1.165, 1.54) is 4.31 Å². The van der Waals surface area contributed by atoms with Gasteiger partial charge in [0.2, 0.25) is 10.0 Å². The van der Waals surface area contributed by atoms with Crippen LogP contribution in [0.15, 0.2) is 77.7 Å². The first kappa shape index (κ1) is 21.9. The molecule has 5 rings (SSSR count). The van der Waals surface area contributed by atoms with E-state index in [4.69, 9.17) is 16.3 Å². The molecule has 1 fully saturated rings. The number of carbonyl (C=O) groups is 1. The highest BCUT2D eigenvalue weighted by molar-refractivity contribution is 7.89. The van der Waals surface area contributed by atoms with Crippen molar-refractivity contribution in [1.29, 1.82) is 0 Å². The van der Waals surface area contributed by atoms with E-state index in [9.17, 15) is 13.2 Å². The van der Waals surface area contributed by atoms with E-state index in [1.54, 1.807) is 29.2 Å². The van der Waals surface area contributed by atoms with Gasteiger partial charge in [-0.05, 0) is 54.3 Å². The molecule has 0 saturated carbocycles. The van der Waals surface area contributed by atoms with Crippen LogP contribution in [0.2, 0.25) is 5.02 Å². The minimum Gasteiger partial charge on any atom is -0.444 e. The molecule has 0 unspecified atom stereocenters. The molecule has 1 saturated heterocycles. The third-order valence-corrected chi connectivity index (χ3v) is 8.38. The molecule has 0 spiro atoms. The predicted octanol–water partition coefficient (Wildman–Crippen LogP) is 5.32. The Labute approximate surface area is 198 Å². The summed E-state index contributed by atoms with van der Waals surface area (Å²) in [6.07, 6.45) is 0.652. The van der Waals surface area contributed by atoms with Crippen molar-refractivity contribution in [2.75, 3.05) is 18.0 Å². The molecule has 2 aliphatic heterocycles. The summed E-state index contributed by atoms with van der Waals surface area (Å²) in [5.41, 5.74) is 3.65. The topological polar surface area (TPSA) is 66.9 Å². The second-order valence-electron chi connectivity index (χ2n) is 8.22. The van der Waals surface area contributed by atoms with Gasteiger partial charge in [-0.15, -0.1) is 0 Å². The summed E-state index contributed by atoms with van der Waals surface area (Å²) in [6, 6.07) is 22.1. The minimum absolute atomic E-state index is 0.135. The Morgan fingerprint density at radius 2 is 1.55 bits per heavy atom. The summed E-state index contributed by atoms with van der Waals surface area (Å²) in [7, 11) is -3.61. The van der Waals surface area contributed by atoms with E-state index in [1.807, 2.05) is 48.5 Å². The van der Waals surface area contributed by atoms with Crippen molar-refractivity contribution in [2.45, 2.75) is 30.4 Å². The molecule has 0 aliphatic carbocycles. The van der Waals surface area contributed by atoms with Crippen LogP contribution < -0.4 is 4.90 Å². The number of fused-ring (bicyclic) bond motifs is 1. The third-order valence-electron chi connectivity index (χ3n) is 6.24. The number of amides is 1. The summed E-state index contributed by atoms with van der Waals surface area (Å²) < 4.78 is 33.3. The first-order chi connectivity index (χ1) is 15.9. The summed E-state index contributed by atoms with van der Waals surface area (Å²) in [4.78, 5) is 14.5. The zero-order valence-corrected chi connectivity index (χ0v) is 19.4. The predicted molar refractivity (Wildman–Crippen MR) is 128 cm³/mol. The molecule has 0 radical (unpaired) electrons. The average molecular weight is 483 g/mol. The van der Waals surface area contributed by atoms with Crippen LogP contribution in [-0.2, 0) is 21.4 Å². The largest absolute Gasteiger partial charge is 0.444 e. The number of benzene rings is 3. The van der Waals surface area contributed by atoms with Crippen LogP contribution in [0.5, 0.6) is 0 Å². The maximum absolute atomic E-state index is 13.2. The van der Waals surface area contributed by atoms with Crippen molar-refractivity contribution < 1.29 is 17.9 Å². The van der Waals surface area contributed by atoms with Crippen LogP contribution in [0.3, 0.4) is 0 Å². The molecule has 1 amide bonds. The smallest absolute Gasteiger partial charge is 0.414 e. The fourth-order valence-corrected chi connectivity index (χ4v) is 6.16. The highest BCUT2D eigenvalue weighted by Gasteiger charge is 2.37. The lowest BCUT2D eigenvalue weighted by atomic mass is 10.0. The molecule has 0 N–H and O–H groups in total. The van der Waals surface area contributed by atoms with Gasteiger partial charge in [-0.2, -0.15) is 4.31 Å². The SMILES string of the molecule is O=C1OCc2cc(Cl)ccc2N1C1CCN(S(=O)(=O)c2ccc(-c3ccccc3)cc2)CC1. The van der Waals surface area contributed by atoms with Gasteiger partial charge in [-0.3, -0.25) is 4.90 Å². The lowest BCUT2D eigenvalue weighted by Gasteiger charge is -2.39. The van der Waals surface area contributed by atoms with E-state index in [-0.39, 0.29) is 17.5 Å². The zero-order valence-electron chi connectivity index (χ0n) is 17.9. The van der Waals surface area contributed by atoms with Crippen LogP contribution in [0.1, 0.15) is 18.4 Å². The van der Waals surface area contributed by atoms with Crippen LogP contribution in [-0.4, -0.2) is 37.9 Å². The minimum atomic E-state index is -3.61. The van der Waals surface area contributed by atoms with E-state index in [0.29, 0.717) is 31.0 Å². The second kappa shape index (κ2) is 8.82. The standard InChI is InChI=1S/C25H23ClN2O4S/c26-21-8-11-24-20(16-21)17-32-25(29)28(24)22-12-14-27(15-13-22)33(30,31)23-9-6-19(7-10-23)18-4-2-1-3-5-18/h1-11,16,22H,12-15,17H2. The summed E-state index contributed by atoms with van der Waals surface area (Å²) >= 11 is 6.09. The molecule has 170 valence electrons. The molecule has 6 nitrogen and oxygen atoms in total. The number of ether oxygens (including phenoxy) is 1. The van der Waals surface area contributed by atoms with Crippen LogP contribution in [0.4, 0.5) is 10.5 Å². The fraction of sp³-hybridized carbons (Fsp3) is 0.240. The number of rotatable bonds is 4. The Hall–Kier alpha value is -2.87. The fourth-order valence-electron chi connectivity index (χ4n) is 4.50. The number of halogens is 1. The first-order valence-corrected chi connectivity index (χ1v) is 12.7. The van der Waals surface area contributed by atoms with Gasteiger partial charge in [0.1, 0.15) is 6.61 Å². The van der Waals surface area contributed by atoms with Gasteiger partial charge in [0.05, 0.1) is 10.6 Å². The number of piperidine rings is 1. The van der Waals surface area contributed by atoms with Crippen LogP contribution in [0.25, 0.3) is 11.1 Å². The van der Waals surface area contributed by atoms with E-state index < -0.39 is 16.1 Å². The number of nitrogens with zero attached hydrogens (tertiary/aromatic N) is 2. The Bertz CT molecular complexity index is 1270. The summed E-state index contributed by atoms with van der Waals surface area (Å²) in [5, 5.41) is 0.589. The Morgan fingerprint density at radius 1 is 0.879 bits per heavy atom. The van der Waals surface area contributed by atoms with Gasteiger partial charge < -0.3 is 4.74 Å². The van der Waals surface area contributed by atoms with E-state index in [2.05, 4.69) is 0 Å². The Morgan fingerprint density at radius 3 is 2.24 bits per heavy atom. The second-order valence-corrected chi connectivity index (χ2v) is 10.6. The van der Waals surface area contributed by atoms with Crippen molar-refractivity contribution >= 4 is 33.4 Å². The van der Waals surface area contributed by atoms with Gasteiger partial charge in [0.15, 0.2) is 0 Å². The molecule has 0 bridgehead atoms. The summed E-state index contributed by atoms with van der Waals surface area (Å²) in [5.74, 6) is 0. The van der Waals surface area contributed by atoms with Crippen LogP contribution in [0, 0.1) is 0 Å². The normalized spacial score (nSPS) is 17.5. The Kier molecular flexibility index (Phi) is 5.86. The molecule has 0 atom stereocenters. The van der Waals surface area contributed by atoms with Crippen molar-refractivity contribution in [3.8, 4) is 11.1 Å². The molecule has 2 aliphatic rings. The van der Waals surface area contributed by atoms with Gasteiger partial charge in [-0.25, -0.2) is 13.2 Å². The zero-order chi connectivity index (χ0) is 23.0. The summed E-state index contributed by atoms with van der Waals surface area (Å²) in [6.45, 7) is 0.859. The van der Waals surface area contributed by atoms with Crippen molar-refractivity contribution in [2.24, 2.45) is 0 Å². The van der Waals surface area contributed by atoms with Gasteiger partial charge in [-0.1, -0.05) is 54.1 Å². The number of cyclic esters (lactones) is 1. The third kappa shape index (κ3) is 4.24. The molecule has 8 heteroatoms. The van der Waals surface area contributed by atoms with E-state index >= 15 is 0 Å². The number of hydrogen-bond acceptors (Lipinski definition) is 4. The molecular formula is C25H23ClN2O4S. The number of carbonyl (C=O) groups excluding carboxylic acids is 1. The Balaban J connectivity index is 1.30. The number of sulfonamides is 1. The molecule has 0 aromatic heterocycles. The van der Waals surface area contributed by atoms with Crippen molar-refractivity contribution in [1.82, 2.24) is 4.31 Å². The maximum Gasteiger partial charge on any atom is 0.414 e. The van der Waals surface area contributed by atoms with Gasteiger partial charge in [0, 0.05) is 29.7 Å². The lowest BCUT2D eigenvalue weighted by Crippen LogP contribution is -2.50. The molecule has 3 aromatic carbocycles. The number of anilines is 1. The molecular weight excluding hydrogens is 460 g/mol. The first-order valence-electron chi connectivity index (χ1n) is 10.8. The monoisotopic (exact) mass is 482 g/mol. The number of hydrogen-bond donors (Lipinski definition) is 0. The maximum atomic E-state index is 13.2. The van der Waals surface area contributed by atoms with Crippen molar-refractivity contribution in [3.63, 3.8) is 0 Å². The van der Waals surface area contributed by atoms with Gasteiger partial charge >= 0.3 is 6.09 Å². The molecule has 33 heavy (non-hydrogen) atoms. The lowest BCUT2D eigenvalue weighted by molar-refractivity contribution is 0.136. The molecule has 2 heterocycles. The quantitative estimate of drug-likeness (QED) is 0.505. The van der Waals surface area contributed by atoms with Crippen LogP contribution >= 0.6 is 11.6 Å². The van der Waals surface area contributed by atoms with E-state index in [0.717, 1.165) is 22.4 Å². The van der Waals surface area contributed by atoms with Gasteiger partial charge in [0.25, 0.3) is 0 Å². The van der Waals surface area contributed by atoms with Crippen molar-refractivity contribution in [3.05, 3.63) is 83.4 Å².